The number of nitrogens with one attached hydrogen (secondary N) is 3. The number of hydrogen-bond acceptors (Lipinski definition) is 20. The van der Waals surface area contributed by atoms with Crippen LogP contribution in [0.25, 0.3) is 21.3 Å². The number of rotatable bonds is 25. The number of aliphatic hydroxyl groups is 3. The zero-order valence-corrected chi connectivity index (χ0v) is 56.5. The topological polar surface area (TPSA) is 398 Å². The van der Waals surface area contributed by atoms with E-state index in [1.54, 1.807) is 38.2 Å². The van der Waals surface area contributed by atoms with Gasteiger partial charge < -0.3 is 65.9 Å². The summed E-state index contributed by atoms with van der Waals surface area (Å²) in [7, 11) is -4.59. The number of nitrogens with two attached hydrogens (primary N) is 1. The smallest absolute Gasteiger partial charge is 0.410 e. The van der Waals surface area contributed by atoms with E-state index in [0.29, 0.717) is 71.2 Å². The third kappa shape index (κ3) is 15.5. The Hall–Kier alpha value is -8.00. The highest BCUT2D eigenvalue weighted by atomic mass is 32.2. The molecule has 29 heteroatoms. The molecule has 4 unspecified atom stereocenters. The molecule has 520 valence electrons. The molecule has 0 radical (unpaired) electrons. The Morgan fingerprint density at radius 1 is 0.845 bits per heavy atom. The van der Waals surface area contributed by atoms with Crippen LogP contribution in [-0.4, -0.2) is 179 Å². The maximum Gasteiger partial charge on any atom is 0.410 e. The fraction of sp³-hybridized carbons (Fsp3) is 0.515. The number of aryl methyl sites for hydroxylation is 1. The van der Waals surface area contributed by atoms with Gasteiger partial charge in [0.25, 0.3) is 16.0 Å². The number of benzene rings is 3. The van der Waals surface area contributed by atoms with Crippen molar-refractivity contribution in [2.24, 2.45) is 27.9 Å². The van der Waals surface area contributed by atoms with Gasteiger partial charge in [0, 0.05) is 60.8 Å². The molecule has 4 aliphatic carbocycles. The molecule has 6 aliphatic rings. The van der Waals surface area contributed by atoms with Gasteiger partial charge in [0.1, 0.15) is 36.8 Å². The van der Waals surface area contributed by atoms with Crippen LogP contribution in [-0.2, 0) is 71.3 Å². The summed E-state index contributed by atoms with van der Waals surface area (Å²) in [6.07, 6.45) is -2.72. The quantitative estimate of drug-likeness (QED) is 0.0280. The summed E-state index contributed by atoms with van der Waals surface area (Å²) < 4.78 is 55.6. The molecule has 5 heterocycles. The largest absolute Gasteiger partial charge is 0.479 e. The molecule has 27 nitrogen and oxygen atoms in total. The van der Waals surface area contributed by atoms with Gasteiger partial charge in [-0.15, -0.1) is 0 Å². The van der Waals surface area contributed by atoms with Gasteiger partial charge >= 0.3 is 18.0 Å². The van der Waals surface area contributed by atoms with E-state index in [1.165, 1.54) is 30.4 Å². The van der Waals surface area contributed by atoms with Crippen molar-refractivity contribution in [2.45, 2.75) is 167 Å². The molecule has 3 aromatic carbocycles. The van der Waals surface area contributed by atoms with Gasteiger partial charge in [-0.2, -0.15) is 13.5 Å². The third-order valence-corrected chi connectivity index (χ3v) is 21.5. The number of aromatic carboxylic acids is 1. The number of nitrogens with zero attached hydrogens (tertiary/aromatic N) is 6. The first-order valence-corrected chi connectivity index (χ1v) is 35.0. The molecule has 4 amide bonds. The molecule has 0 spiro atoms. The highest BCUT2D eigenvalue weighted by Gasteiger charge is 2.66. The van der Waals surface area contributed by atoms with Crippen molar-refractivity contribution in [1.82, 2.24) is 30.0 Å². The summed E-state index contributed by atoms with van der Waals surface area (Å²) in [6, 6.07) is 19.6. The first kappa shape index (κ1) is 70.3. The minimum absolute atomic E-state index is 0.0291. The number of hydrogen-bond donors (Lipinski definition) is 10. The summed E-state index contributed by atoms with van der Waals surface area (Å²) in [6.45, 7) is 11.7. The number of carbonyl (C=O) groups excluding carboxylic acids is 4. The lowest BCUT2D eigenvalue weighted by atomic mass is 9.39. The van der Waals surface area contributed by atoms with E-state index < -0.39 is 107 Å². The number of ether oxygens (including phenoxy) is 3. The molecular formula is C68H84N10O17S2. The number of carbonyl (C=O) groups is 6. The molecule has 6 aromatic rings. The molecule has 4 bridgehead atoms. The molecule has 12 rings (SSSR count). The Labute approximate surface area is 564 Å². The summed E-state index contributed by atoms with van der Waals surface area (Å²) in [4.78, 5) is 91.7. The fourth-order valence-corrected chi connectivity index (χ4v) is 17.6. The minimum atomic E-state index is -4.59. The number of thiazole rings is 1. The van der Waals surface area contributed by atoms with Crippen molar-refractivity contribution in [3.05, 3.63) is 118 Å². The van der Waals surface area contributed by atoms with Gasteiger partial charge in [-0.25, -0.2) is 24.4 Å². The normalized spacial score (nSPS) is 25.7. The molecular weight excluding hydrogens is 1290 g/mol. The molecule has 97 heavy (non-hydrogen) atoms. The van der Waals surface area contributed by atoms with Crippen molar-refractivity contribution in [3.8, 4) is 11.1 Å². The van der Waals surface area contributed by atoms with Crippen molar-refractivity contribution in [3.63, 3.8) is 0 Å². The van der Waals surface area contributed by atoms with Gasteiger partial charge in [-0.05, 0) is 159 Å². The number of carboxylic acids is 2. The zero-order chi connectivity index (χ0) is 69.7. The molecule has 4 saturated carbocycles. The highest BCUT2D eigenvalue weighted by molar-refractivity contribution is 7.85. The van der Waals surface area contributed by atoms with E-state index in [2.05, 4.69) is 34.8 Å². The van der Waals surface area contributed by atoms with Crippen LogP contribution in [0.4, 0.5) is 21.4 Å². The van der Waals surface area contributed by atoms with E-state index >= 15 is 0 Å². The number of pyridine rings is 1. The number of aliphatic hydroxyl groups excluding tert-OH is 3. The Balaban J connectivity index is 0.771. The number of para-hydroxylation sites is 1. The lowest BCUT2D eigenvalue weighted by Crippen LogP contribution is -2.64. The molecule has 5 fully saturated rings. The lowest BCUT2D eigenvalue weighted by molar-refractivity contribution is -0.248. The Kier molecular flexibility index (Phi) is 20.1. The zero-order valence-electron chi connectivity index (χ0n) is 54.9. The number of carboxylic acid groups (broad SMARTS) is 2. The number of fused-ring (bicyclic) bond motifs is 2. The molecule has 1 saturated heterocycles. The Bertz CT molecular complexity index is 4090. The van der Waals surface area contributed by atoms with Crippen molar-refractivity contribution in [2.75, 3.05) is 47.5 Å². The second-order valence-electron chi connectivity index (χ2n) is 28.2. The van der Waals surface area contributed by atoms with Crippen molar-refractivity contribution >= 4 is 84.1 Å². The number of anilines is 3. The van der Waals surface area contributed by atoms with Crippen LogP contribution in [0.5, 0.6) is 0 Å². The molecule has 11 atom stereocenters. The summed E-state index contributed by atoms with van der Waals surface area (Å²) in [5.74, 6) is -4.78. The van der Waals surface area contributed by atoms with Crippen LogP contribution in [0, 0.1) is 29.1 Å². The predicted octanol–water partition coefficient (Wildman–Crippen LogP) is 6.33. The van der Waals surface area contributed by atoms with Crippen LogP contribution in [0.1, 0.15) is 128 Å². The van der Waals surface area contributed by atoms with Crippen LogP contribution in [0.2, 0.25) is 0 Å². The second kappa shape index (κ2) is 27.7. The van der Waals surface area contributed by atoms with Crippen molar-refractivity contribution < 1.29 is 81.5 Å². The fourth-order valence-electron chi connectivity index (χ4n) is 16.2. The van der Waals surface area contributed by atoms with Gasteiger partial charge in [-0.3, -0.25) is 28.9 Å². The van der Waals surface area contributed by atoms with E-state index in [1.807, 2.05) is 59.0 Å². The lowest BCUT2D eigenvalue weighted by Gasteiger charge is -2.69. The SMILES string of the molecule is Cc1c(-c2ccc(N3CCc4cccc(C(=O)Nc5nc6ccccc6s5)c4C3)nc2C(=O)O)cnn1CC12CC3(OCCN(CCS(=O)(=O)O)C(=O)OCc4ccc(NC(=O)C(C)NC(=O)C(N)C(C)C)cc4CC[C@@H]4O[C@H](C(=O)O)[C@@H](O)[C@H](O)[C@H]4O)C[C@](C)(C1)C[C@](C)(C2)C3. The average Bonchev–Trinajstić information content (AvgIpc) is 0.822. The maximum absolute atomic E-state index is 14.2. The standard InChI is InChI=1S/C68H84N10O17S2/c1-37(2)52(69)60(84)71-38(3)58(82)72-43-16-14-42(41(26-43)15-18-49-54(79)55(80)56(81)57(95-49)62(87)88)29-93-64(89)76(23-25-97(90,91)92)22-24-94-68-33-65(5)30-66(6,34-68)32-67(31-65,35-68)36-78-39(4)46(27-70-78)44-17-19-51(74-53(44)61(85)86)77-21-20-40-10-9-11-45(47(40)28-77)59(83)75-63-73-48-12-7-8-13-50(48)96-63/h7-14,16-17,19,26-27,37-38,49,52,54-57,79-81H,15,18,20-25,28-36,69H2,1-6H3,(H,71,84)(H,72,82)(H,85,86)(H,87,88)(H,73,75,83)(H,90,91,92)/t38?,49-,52?,54-,55+,56-,57-,65-,66+,67?,68?/m0/s1. The van der Waals surface area contributed by atoms with Crippen LogP contribution in [0.15, 0.2) is 79.0 Å². The summed E-state index contributed by atoms with van der Waals surface area (Å²) in [5, 5.41) is 65.9. The third-order valence-electron chi connectivity index (χ3n) is 19.9. The molecule has 2 aliphatic heterocycles. The van der Waals surface area contributed by atoms with Gasteiger partial charge in [0.05, 0.1) is 46.5 Å². The number of aliphatic carboxylic acids is 1. The highest BCUT2D eigenvalue weighted by Crippen LogP contribution is 2.72. The second-order valence-corrected chi connectivity index (χ2v) is 30.8. The molecule has 11 N–H and O–H groups in total. The first-order valence-electron chi connectivity index (χ1n) is 32.5. The van der Waals surface area contributed by atoms with Crippen LogP contribution in [0.3, 0.4) is 0 Å². The average molecular weight is 1380 g/mol. The van der Waals surface area contributed by atoms with Crippen LogP contribution >= 0.6 is 11.3 Å². The summed E-state index contributed by atoms with van der Waals surface area (Å²) >= 11 is 1.39. The Morgan fingerprint density at radius 2 is 1.59 bits per heavy atom. The van der Waals surface area contributed by atoms with Gasteiger partial charge in [0.15, 0.2) is 16.9 Å². The minimum Gasteiger partial charge on any atom is -0.479 e. The monoisotopic (exact) mass is 1380 g/mol. The van der Waals surface area contributed by atoms with E-state index in [0.717, 1.165) is 64.0 Å². The summed E-state index contributed by atoms with van der Waals surface area (Å²) in [5.41, 5.74) is 10.4. The van der Waals surface area contributed by atoms with Crippen LogP contribution < -0.4 is 26.6 Å². The van der Waals surface area contributed by atoms with Gasteiger partial charge in [0.2, 0.25) is 11.8 Å². The first-order chi connectivity index (χ1) is 45.8. The van der Waals surface area contributed by atoms with Gasteiger partial charge in [-0.1, -0.05) is 69.4 Å². The number of amides is 4. The number of aromatic nitrogens is 4. The van der Waals surface area contributed by atoms with Crippen molar-refractivity contribution in [1.29, 1.82) is 0 Å². The maximum atomic E-state index is 14.2. The van der Waals surface area contributed by atoms with E-state index in [-0.39, 0.29) is 65.4 Å². The predicted molar refractivity (Wildman–Crippen MR) is 357 cm³/mol. The molecule has 3 aromatic heterocycles. The van der Waals surface area contributed by atoms with E-state index in [4.69, 9.17) is 30.0 Å². The van der Waals surface area contributed by atoms with E-state index in [9.17, 15) is 67.3 Å². The Morgan fingerprint density at radius 3 is 2.29 bits per heavy atom.